The van der Waals surface area contributed by atoms with Crippen molar-refractivity contribution >= 4 is 49.8 Å². The van der Waals surface area contributed by atoms with Crippen LogP contribution >= 0.6 is 0 Å². The van der Waals surface area contributed by atoms with E-state index in [1.54, 1.807) is 0 Å². The van der Waals surface area contributed by atoms with Gasteiger partial charge in [0.15, 0.2) is 0 Å². The third-order valence-corrected chi connectivity index (χ3v) is 9.59. The molecule has 0 N–H and O–H groups in total. The van der Waals surface area contributed by atoms with Crippen LogP contribution in [-0.2, 0) is 5.41 Å². The van der Waals surface area contributed by atoms with Gasteiger partial charge in [0, 0.05) is 39.3 Å². The van der Waals surface area contributed by atoms with Crippen LogP contribution in [0.25, 0.3) is 55.0 Å². The summed E-state index contributed by atoms with van der Waals surface area (Å²) < 4.78 is 6.40. The molecule has 0 unspecified atom stereocenters. The topological polar surface area (TPSA) is 16.4 Å². The molecule has 0 bridgehead atoms. The highest BCUT2D eigenvalue weighted by Gasteiger charge is 2.38. The van der Waals surface area contributed by atoms with Crippen molar-refractivity contribution in [3.8, 4) is 22.3 Å². The predicted octanol–water partition coefficient (Wildman–Crippen LogP) is 12.2. The van der Waals surface area contributed by atoms with Gasteiger partial charge < -0.3 is 9.32 Å². The normalized spacial score (nSPS) is 13.3. The fraction of sp³-hybridized carbons (Fsp3) is 0.0698. The van der Waals surface area contributed by atoms with Crippen molar-refractivity contribution in [2.75, 3.05) is 4.90 Å². The summed E-state index contributed by atoms with van der Waals surface area (Å²) in [5.41, 5.74) is 12.8. The summed E-state index contributed by atoms with van der Waals surface area (Å²) in [6, 6.07) is 54.8. The molecule has 2 heteroatoms. The van der Waals surface area contributed by atoms with Crippen molar-refractivity contribution in [1.82, 2.24) is 0 Å². The summed E-state index contributed by atoms with van der Waals surface area (Å²) in [7, 11) is 0. The van der Waals surface area contributed by atoms with Crippen LogP contribution in [0.15, 0.2) is 156 Å². The highest BCUT2D eigenvalue weighted by atomic mass is 16.3. The largest absolute Gasteiger partial charge is 0.456 e. The van der Waals surface area contributed by atoms with Crippen molar-refractivity contribution in [1.29, 1.82) is 0 Å². The molecule has 7 aromatic carbocycles. The van der Waals surface area contributed by atoms with Crippen LogP contribution in [0.2, 0.25) is 0 Å². The molecule has 0 fully saturated rings. The molecule has 0 spiro atoms. The quantitative estimate of drug-likeness (QED) is 0.207. The Balaban J connectivity index is 1.34. The van der Waals surface area contributed by atoms with E-state index < -0.39 is 0 Å². The molecule has 8 aromatic rings. The summed E-state index contributed by atoms with van der Waals surface area (Å²) in [5, 5.41) is 4.70. The molecule has 9 rings (SSSR count). The zero-order valence-corrected chi connectivity index (χ0v) is 25.3. The molecule has 0 amide bonds. The molecule has 0 aliphatic heterocycles. The maximum atomic E-state index is 6.40. The average molecular weight is 578 g/mol. The smallest absolute Gasteiger partial charge is 0.137 e. The number of benzene rings is 7. The van der Waals surface area contributed by atoms with Crippen LogP contribution in [0.4, 0.5) is 17.1 Å². The second-order valence-electron chi connectivity index (χ2n) is 12.6. The molecule has 1 aliphatic carbocycles. The first kappa shape index (κ1) is 25.9. The summed E-state index contributed by atoms with van der Waals surface area (Å²) in [4.78, 5) is 2.39. The van der Waals surface area contributed by atoms with Gasteiger partial charge in [-0.2, -0.15) is 0 Å². The number of nitrogens with zero attached hydrogens (tertiary/aromatic N) is 1. The number of para-hydroxylation sites is 1. The zero-order valence-electron chi connectivity index (χ0n) is 25.3. The minimum atomic E-state index is -0.128. The third kappa shape index (κ3) is 3.96. The van der Waals surface area contributed by atoms with Crippen LogP contribution in [0.1, 0.15) is 25.0 Å². The lowest BCUT2D eigenvalue weighted by atomic mass is 9.78. The maximum absolute atomic E-state index is 6.40. The van der Waals surface area contributed by atoms with Crippen molar-refractivity contribution in [2.24, 2.45) is 0 Å². The predicted molar refractivity (Wildman–Crippen MR) is 189 cm³/mol. The van der Waals surface area contributed by atoms with E-state index in [2.05, 4.69) is 158 Å². The molecular weight excluding hydrogens is 546 g/mol. The van der Waals surface area contributed by atoms with E-state index in [0.29, 0.717) is 0 Å². The van der Waals surface area contributed by atoms with Crippen LogP contribution in [0.3, 0.4) is 0 Å². The van der Waals surface area contributed by atoms with Gasteiger partial charge in [0.2, 0.25) is 0 Å². The second-order valence-corrected chi connectivity index (χ2v) is 12.6. The fourth-order valence-corrected chi connectivity index (χ4v) is 7.50. The molecule has 1 heterocycles. The number of hydrogen-bond donors (Lipinski definition) is 0. The Morgan fingerprint density at radius 2 is 1.13 bits per heavy atom. The Morgan fingerprint density at radius 3 is 2.02 bits per heavy atom. The van der Waals surface area contributed by atoms with Gasteiger partial charge in [0.05, 0.1) is 0 Å². The van der Waals surface area contributed by atoms with Crippen molar-refractivity contribution in [3.05, 3.63) is 163 Å². The van der Waals surface area contributed by atoms with E-state index in [9.17, 15) is 0 Å². The number of hydrogen-bond acceptors (Lipinski definition) is 2. The first-order valence-corrected chi connectivity index (χ1v) is 15.6. The van der Waals surface area contributed by atoms with E-state index in [1.807, 2.05) is 12.1 Å². The highest BCUT2D eigenvalue weighted by molar-refractivity contribution is 6.06. The van der Waals surface area contributed by atoms with E-state index in [-0.39, 0.29) is 5.41 Å². The summed E-state index contributed by atoms with van der Waals surface area (Å²) in [6.45, 7) is 4.72. The van der Waals surface area contributed by atoms with Gasteiger partial charge in [-0.15, -0.1) is 0 Å². The SMILES string of the molecule is CC1(C)c2ccccc2-c2cc(N(c3ccc4ccccc4c3)c3ccc4c(c3)oc3ccccc34)cc(-c3ccccc3)c21. The van der Waals surface area contributed by atoms with Gasteiger partial charge in [-0.05, 0) is 86.6 Å². The molecule has 1 aromatic heterocycles. The third-order valence-electron chi connectivity index (χ3n) is 9.59. The zero-order chi connectivity index (χ0) is 30.1. The monoisotopic (exact) mass is 577 g/mol. The van der Waals surface area contributed by atoms with Crippen molar-refractivity contribution in [2.45, 2.75) is 19.3 Å². The van der Waals surface area contributed by atoms with E-state index in [4.69, 9.17) is 4.42 Å². The van der Waals surface area contributed by atoms with Gasteiger partial charge in [0.1, 0.15) is 11.2 Å². The molecule has 0 saturated carbocycles. The van der Waals surface area contributed by atoms with Gasteiger partial charge >= 0.3 is 0 Å². The molecule has 0 radical (unpaired) electrons. The number of furan rings is 1. The lowest BCUT2D eigenvalue weighted by Gasteiger charge is -2.29. The van der Waals surface area contributed by atoms with Crippen LogP contribution < -0.4 is 4.90 Å². The standard InChI is InChI=1S/C43H31NO/c1-43(2)39-18-10-8-16-34(39)38-26-33(25-37(42(38)43)29-13-4-3-5-14-29)44(31-21-20-28-12-6-7-15-30(28)24-31)32-22-23-36-35-17-9-11-19-40(35)45-41(36)27-32/h3-27H,1-2H3. The first-order chi connectivity index (χ1) is 22.1. The van der Waals surface area contributed by atoms with E-state index >= 15 is 0 Å². The van der Waals surface area contributed by atoms with Crippen LogP contribution in [-0.4, -0.2) is 0 Å². The Kier molecular flexibility index (Phi) is 5.58. The van der Waals surface area contributed by atoms with Gasteiger partial charge in [0.25, 0.3) is 0 Å². The Labute approximate surface area is 262 Å². The Hall–Kier alpha value is -5.60. The van der Waals surface area contributed by atoms with Crippen LogP contribution in [0.5, 0.6) is 0 Å². The average Bonchev–Trinajstić information content (AvgIpc) is 3.57. The molecule has 214 valence electrons. The molecular formula is C43H31NO. The summed E-state index contributed by atoms with van der Waals surface area (Å²) in [6.07, 6.45) is 0. The van der Waals surface area contributed by atoms with E-state index in [1.165, 1.54) is 44.2 Å². The number of fused-ring (bicyclic) bond motifs is 7. The van der Waals surface area contributed by atoms with Crippen molar-refractivity contribution in [3.63, 3.8) is 0 Å². The van der Waals surface area contributed by atoms with Crippen molar-refractivity contribution < 1.29 is 4.42 Å². The maximum Gasteiger partial charge on any atom is 0.137 e. The number of rotatable bonds is 4. The van der Waals surface area contributed by atoms with E-state index in [0.717, 1.165) is 39.0 Å². The lowest BCUT2D eigenvalue weighted by Crippen LogP contribution is -2.17. The second kappa shape index (κ2) is 9.70. The van der Waals surface area contributed by atoms with Crippen LogP contribution in [0, 0.1) is 0 Å². The fourth-order valence-electron chi connectivity index (χ4n) is 7.50. The molecule has 2 nitrogen and oxygen atoms in total. The van der Waals surface area contributed by atoms with Gasteiger partial charge in [-0.1, -0.05) is 117 Å². The molecule has 1 aliphatic rings. The summed E-state index contributed by atoms with van der Waals surface area (Å²) in [5.74, 6) is 0. The Bertz CT molecular complexity index is 2410. The van der Waals surface area contributed by atoms with Gasteiger partial charge in [-0.3, -0.25) is 0 Å². The summed E-state index contributed by atoms with van der Waals surface area (Å²) >= 11 is 0. The molecule has 0 atom stereocenters. The van der Waals surface area contributed by atoms with Gasteiger partial charge in [-0.25, -0.2) is 0 Å². The minimum absolute atomic E-state index is 0.128. The molecule has 0 saturated heterocycles. The molecule has 45 heavy (non-hydrogen) atoms. The first-order valence-electron chi connectivity index (χ1n) is 15.6. The Morgan fingerprint density at radius 1 is 0.467 bits per heavy atom. The highest BCUT2D eigenvalue weighted by Crippen LogP contribution is 2.54. The number of anilines is 3. The minimum Gasteiger partial charge on any atom is -0.456 e. The lowest BCUT2D eigenvalue weighted by molar-refractivity contribution is 0.662.